The molecule has 4 heterocycles. The molecule has 0 unspecified atom stereocenters. The Labute approximate surface area is 149 Å². The number of pyridine rings is 2. The molecule has 0 saturated carbocycles. The van der Waals surface area contributed by atoms with Gasteiger partial charge in [0.2, 0.25) is 0 Å². The average Bonchev–Trinajstić information content (AvgIpc) is 3.29. The van der Waals surface area contributed by atoms with Crippen LogP contribution >= 0.6 is 0 Å². The van der Waals surface area contributed by atoms with E-state index in [1.54, 1.807) is 11.1 Å². The number of carbonyl (C=O) groups is 1. The highest BCUT2D eigenvalue weighted by Gasteiger charge is 2.26. The van der Waals surface area contributed by atoms with E-state index in [-0.39, 0.29) is 23.8 Å². The van der Waals surface area contributed by atoms with Gasteiger partial charge in [-0.1, -0.05) is 0 Å². The Morgan fingerprint density at radius 2 is 2.23 bits per heavy atom. The summed E-state index contributed by atoms with van der Waals surface area (Å²) >= 11 is 0. The largest absolute Gasteiger partial charge is 0.310 e. The fourth-order valence-corrected chi connectivity index (χ4v) is 3.34. The van der Waals surface area contributed by atoms with Gasteiger partial charge in [0, 0.05) is 55.4 Å². The molecule has 1 saturated heterocycles. The van der Waals surface area contributed by atoms with Crippen molar-refractivity contribution in [1.29, 1.82) is 5.26 Å². The van der Waals surface area contributed by atoms with E-state index in [1.165, 1.54) is 12.3 Å². The Hall–Kier alpha value is -3.27. The van der Waals surface area contributed by atoms with E-state index in [4.69, 9.17) is 5.26 Å². The Morgan fingerprint density at radius 3 is 3.00 bits per heavy atom. The summed E-state index contributed by atoms with van der Waals surface area (Å²) in [4.78, 5) is 22.3. The highest BCUT2D eigenvalue weighted by molar-refractivity contribution is 5.95. The molecule has 7 heteroatoms. The molecule has 3 aromatic rings. The van der Waals surface area contributed by atoms with Gasteiger partial charge in [-0.25, -0.2) is 14.4 Å². The van der Waals surface area contributed by atoms with Crippen LogP contribution in [0, 0.1) is 23.2 Å². The lowest BCUT2D eigenvalue weighted by Crippen LogP contribution is -2.16. The molecule has 0 amide bonds. The molecule has 0 radical (unpaired) electrons. The van der Waals surface area contributed by atoms with Gasteiger partial charge in [-0.2, -0.15) is 5.26 Å². The van der Waals surface area contributed by atoms with Crippen molar-refractivity contribution < 1.29 is 9.18 Å². The molecule has 6 nitrogen and oxygen atoms in total. The molecule has 1 atom stereocenters. The number of imidazole rings is 1. The van der Waals surface area contributed by atoms with Crippen molar-refractivity contribution in [2.24, 2.45) is 5.92 Å². The van der Waals surface area contributed by atoms with Crippen LogP contribution in [0.2, 0.25) is 0 Å². The first-order chi connectivity index (χ1) is 12.6. The smallest absolute Gasteiger partial charge is 0.184 e. The molecule has 3 aromatic heterocycles. The summed E-state index contributed by atoms with van der Waals surface area (Å²) in [6.07, 6.45) is 9.92. The third-order valence-corrected chi connectivity index (χ3v) is 4.73. The zero-order chi connectivity index (χ0) is 18.1. The monoisotopic (exact) mass is 349 g/mol. The minimum Gasteiger partial charge on any atom is -0.310 e. The number of ketones is 1. The summed E-state index contributed by atoms with van der Waals surface area (Å²) in [7, 11) is 0. The summed E-state index contributed by atoms with van der Waals surface area (Å²) in [5.41, 5.74) is 2.07. The second kappa shape index (κ2) is 6.56. The van der Waals surface area contributed by atoms with Gasteiger partial charge in [0.25, 0.3) is 0 Å². The summed E-state index contributed by atoms with van der Waals surface area (Å²) in [5, 5.41) is 8.88. The lowest BCUT2D eigenvalue weighted by molar-refractivity contribution is 0.0954. The molecule has 1 fully saturated rings. The van der Waals surface area contributed by atoms with Crippen LogP contribution in [-0.2, 0) is 0 Å². The van der Waals surface area contributed by atoms with Crippen molar-refractivity contribution in [2.75, 3.05) is 13.1 Å². The Kier molecular flexibility index (Phi) is 4.09. The Balaban J connectivity index is 1.54. The molecule has 0 aliphatic carbocycles. The van der Waals surface area contributed by atoms with Crippen molar-refractivity contribution in [2.45, 2.75) is 12.8 Å². The quantitative estimate of drug-likeness (QED) is 0.535. The molecule has 0 N–H and O–H groups in total. The summed E-state index contributed by atoms with van der Waals surface area (Å²) in [5.74, 6) is -0.857. The number of hydrogen-bond donors (Lipinski definition) is 0. The van der Waals surface area contributed by atoms with Crippen molar-refractivity contribution >= 4 is 11.4 Å². The highest BCUT2D eigenvalue weighted by atomic mass is 19.1. The zero-order valence-electron chi connectivity index (χ0n) is 14.0. The van der Waals surface area contributed by atoms with E-state index >= 15 is 0 Å². The van der Waals surface area contributed by atoms with Gasteiger partial charge >= 0.3 is 0 Å². The Bertz CT molecular complexity index is 1020. The predicted molar refractivity (Wildman–Crippen MR) is 92.6 cm³/mol. The standard InChI is InChI=1S/C19H16FN5O/c20-16-8-15(14-1-2-18-22-4-6-25(18)11-14)9-23-19(16)17(26)7-13-3-5-24(10-13)12-21/h1-2,4,6,8-9,11,13H,3,5,7,10H2/t13-/m0/s1. The molecular formula is C19H16FN5O. The second-order valence-corrected chi connectivity index (χ2v) is 6.49. The van der Waals surface area contributed by atoms with Crippen molar-refractivity contribution in [3.63, 3.8) is 0 Å². The summed E-state index contributed by atoms with van der Waals surface area (Å²) < 4.78 is 16.3. The van der Waals surface area contributed by atoms with Gasteiger partial charge in [0.15, 0.2) is 17.8 Å². The number of Topliss-reactive ketones (excluding diaryl/α,β-unsaturated/α-hetero) is 1. The maximum atomic E-state index is 14.5. The van der Waals surface area contributed by atoms with Crippen LogP contribution in [0.5, 0.6) is 0 Å². The van der Waals surface area contributed by atoms with E-state index in [0.717, 1.165) is 17.6 Å². The molecule has 0 spiro atoms. The fourth-order valence-electron chi connectivity index (χ4n) is 3.34. The third-order valence-electron chi connectivity index (χ3n) is 4.73. The number of aromatic nitrogens is 3. The molecule has 26 heavy (non-hydrogen) atoms. The van der Waals surface area contributed by atoms with Gasteiger partial charge in [0.05, 0.1) is 0 Å². The summed E-state index contributed by atoms with van der Waals surface area (Å²) in [6.45, 7) is 1.20. The number of fused-ring (bicyclic) bond motifs is 1. The predicted octanol–water partition coefficient (Wildman–Crippen LogP) is 2.91. The average molecular weight is 349 g/mol. The third kappa shape index (κ3) is 3.02. The van der Waals surface area contributed by atoms with Crippen LogP contribution in [0.25, 0.3) is 16.8 Å². The highest BCUT2D eigenvalue weighted by Crippen LogP contribution is 2.24. The molecule has 130 valence electrons. The van der Waals surface area contributed by atoms with Gasteiger partial charge in [-0.3, -0.25) is 4.79 Å². The molecule has 1 aliphatic rings. The number of halogens is 1. The molecule has 1 aliphatic heterocycles. The lowest BCUT2D eigenvalue weighted by Gasteiger charge is -2.10. The first-order valence-electron chi connectivity index (χ1n) is 8.40. The topological polar surface area (TPSA) is 74.3 Å². The van der Waals surface area contributed by atoms with Gasteiger partial charge < -0.3 is 9.30 Å². The zero-order valence-corrected chi connectivity index (χ0v) is 14.0. The summed E-state index contributed by atoms with van der Waals surface area (Å²) in [6, 6.07) is 5.02. The lowest BCUT2D eigenvalue weighted by atomic mass is 9.99. The molecule has 0 bridgehead atoms. The van der Waals surface area contributed by atoms with Gasteiger partial charge in [0.1, 0.15) is 11.3 Å². The number of nitriles is 1. The minimum absolute atomic E-state index is 0.0756. The number of nitrogens with zero attached hydrogens (tertiary/aromatic N) is 5. The van der Waals surface area contributed by atoms with Crippen molar-refractivity contribution in [3.8, 4) is 17.3 Å². The van der Waals surface area contributed by atoms with Crippen LogP contribution in [0.4, 0.5) is 4.39 Å². The minimum atomic E-state index is -0.617. The Morgan fingerprint density at radius 1 is 1.35 bits per heavy atom. The van der Waals surface area contributed by atoms with E-state index in [0.29, 0.717) is 18.7 Å². The van der Waals surface area contributed by atoms with E-state index in [9.17, 15) is 9.18 Å². The first-order valence-corrected chi connectivity index (χ1v) is 8.40. The number of rotatable bonds is 4. The van der Waals surface area contributed by atoms with Crippen molar-refractivity contribution in [1.82, 2.24) is 19.3 Å². The molecular weight excluding hydrogens is 333 g/mol. The van der Waals surface area contributed by atoms with E-state index in [2.05, 4.69) is 16.2 Å². The van der Waals surface area contributed by atoms with Crippen LogP contribution in [0.3, 0.4) is 0 Å². The maximum Gasteiger partial charge on any atom is 0.184 e. The number of carbonyl (C=O) groups excluding carboxylic acids is 1. The fraction of sp³-hybridized carbons (Fsp3) is 0.263. The number of hydrogen-bond acceptors (Lipinski definition) is 5. The van der Waals surface area contributed by atoms with Crippen LogP contribution < -0.4 is 0 Å². The molecule has 0 aromatic carbocycles. The molecule has 4 rings (SSSR count). The van der Waals surface area contributed by atoms with Gasteiger partial charge in [-0.15, -0.1) is 0 Å². The van der Waals surface area contributed by atoms with Crippen molar-refractivity contribution in [3.05, 3.63) is 54.5 Å². The maximum absolute atomic E-state index is 14.5. The SMILES string of the molecule is N#CN1CC[C@@H](CC(=O)c2ncc(-c3ccc4nccn4c3)cc2F)C1. The van der Waals surface area contributed by atoms with Crippen LogP contribution in [0.1, 0.15) is 23.3 Å². The number of likely N-dealkylation sites (tertiary alicyclic amines) is 1. The van der Waals surface area contributed by atoms with E-state index in [1.807, 2.05) is 28.9 Å². The van der Waals surface area contributed by atoms with Crippen LogP contribution in [0.15, 0.2) is 43.0 Å². The normalized spacial score (nSPS) is 16.8. The van der Waals surface area contributed by atoms with Crippen LogP contribution in [-0.4, -0.2) is 38.1 Å². The van der Waals surface area contributed by atoms with Gasteiger partial charge in [-0.05, 0) is 30.5 Å². The van der Waals surface area contributed by atoms with E-state index < -0.39 is 5.82 Å². The second-order valence-electron chi connectivity index (χ2n) is 6.49. The first kappa shape index (κ1) is 16.2.